The molecule has 1 aliphatic heterocycles. The van der Waals surface area contributed by atoms with Gasteiger partial charge in [0.1, 0.15) is 11.5 Å². The Morgan fingerprint density at radius 2 is 1.90 bits per heavy atom. The smallest absolute Gasteiger partial charge is 0.407 e. The minimum atomic E-state index is -3.29. The molecule has 4 rings (SSSR count). The van der Waals surface area contributed by atoms with Crippen LogP contribution in [-0.2, 0) is 9.84 Å². The number of rotatable bonds is 4. The van der Waals surface area contributed by atoms with E-state index in [1.807, 2.05) is 0 Å². The summed E-state index contributed by atoms with van der Waals surface area (Å²) >= 11 is 0. The number of ether oxygens (including phenoxy) is 1. The van der Waals surface area contributed by atoms with E-state index in [9.17, 15) is 13.2 Å². The van der Waals surface area contributed by atoms with Crippen molar-refractivity contribution in [2.75, 3.05) is 19.3 Å². The summed E-state index contributed by atoms with van der Waals surface area (Å²) in [7, 11) is -3.29. The number of piperidine rings is 1. The first-order valence-corrected chi connectivity index (χ1v) is 10.9. The number of hydrogen-bond donors (Lipinski definition) is 2. The second kappa shape index (κ2) is 7.32. The fraction of sp³-hybridized carbons (Fsp3) is 0.333. The molecule has 2 N–H and O–H groups in total. The molecule has 10 nitrogen and oxygen atoms in total. The first-order chi connectivity index (χ1) is 13.8. The predicted molar refractivity (Wildman–Crippen MR) is 103 cm³/mol. The second-order valence-corrected chi connectivity index (χ2v) is 8.88. The third-order valence-corrected chi connectivity index (χ3v) is 5.93. The molecule has 29 heavy (non-hydrogen) atoms. The van der Waals surface area contributed by atoms with Crippen LogP contribution in [0.4, 0.5) is 4.79 Å². The Labute approximate surface area is 166 Å². The van der Waals surface area contributed by atoms with Crippen LogP contribution in [0.25, 0.3) is 22.4 Å². The van der Waals surface area contributed by atoms with E-state index in [-0.39, 0.29) is 11.0 Å². The van der Waals surface area contributed by atoms with Crippen molar-refractivity contribution >= 4 is 27.0 Å². The van der Waals surface area contributed by atoms with Gasteiger partial charge in [0, 0.05) is 37.8 Å². The topological polar surface area (TPSA) is 138 Å². The minimum Gasteiger partial charge on any atom is -0.474 e. The van der Waals surface area contributed by atoms with Gasteiger partial charge in [-0.15, -0.1) is 0 Å². The van der Waals surface area contributed by atoms with Gasteiger partial charge < -0.3 is 14.7 Å². The van der Waals surface area contributed by atoms with Gasteiger partial charge in [0.25, 0.3) is 0 Å². The van der Waals surface area contributed by atoms with Crippen LogP contribution >= 0.6 is 0 Å². The first kappa shape index (κ1) is 19.1. The molecular weight excluding hydrogens is 398 g/mol. The van der Waals surface area contributed by atoms with Crippen LogP contribution in [0.5, 0.6) is 5.88 Å². The monoisotopic (exact) mass is 417 g/mol. The van der Waals surface area contributed by atoms with Gasteiger partial charge >= 0.3 is 6.09 Å². The number of nitrogens with zero attached hydrogens (tertiary/aromatic N) is 4. The maximum atomic E-state index is 11.7. The highest BCUT2D eigenvalue weighted by atomic mass is 32.2. The molecule has 152 valence electrons. The second-order valence-electron chi connectivity index (χ2n) is 6.87. The summed E-state index contributed by atoms with van der Waals surface area (Å²) in [4.78, 5) is 21.6. The van der Waals surface area contributed by atoms with Gasteiger partial charge in [0.05, 0.1) is 11.1 Å². The summed E-state index contributed by atoms with van der Waals surface area (Å²) in [5.41, 5.74) is 1.14. The van der Waals surface area contributed by atoms with E-state index in [0.717, 1.165) is 6.26 Å². The highest BCUT2D eigenvalue weighted by Gasteiger charge is 2.25. The molecule has 0 bridgehead atoms. The highest BCUT2D eigenvalue weighted by Crippen LogP contribution is 2.28. The van der Waals surface area contributed by atoms with Crippen molar-refractivity contribution in [3.05, 3.63) is 30.5 Å². The number of benzene rings is 1. The van der Waals surface area contributed by atoms with E-state index < -0.39 is 15.9 Å². The summed E-state index contributed by atoms with van der Waals surface area (Å²) in [6, 6.07) is 6.30. The lowest BCUT2D eigenvalue weighted by molar-refractivity contribution is 0.0880. The zero-order valence-corrected chi connectivity index (χ0v) is 16.4. The Hall–Kier alpha value is -3.21. The number of hydrogen-bond acceptors (Lipinski definition) is 7. The van der Waals surface area contributed by atoms with Gasteiger partial charge in [0.15, 0.2) is 21.3 Å². The average molecular weight is 417 g/mol. The van der Waals surface area contributed by atoms with Crippen molar-refractivity contribution in [1.29, 1.82) is 0 Å². The zero-order chi connectivity index (χ0) is 20.6. The maximum absolute atomic E-state index is 11.7. The molecule has 0 aliphatic carbocycles. The standard InChI is InChI=1S/C18H19N5O5S/c1-29(26,27)13-4-2-11(3-5-13)15-20-16-14(10-19-22-16)17(21-15)28-12-6-8-23(9-7-12)18(24)25/h2-5,10,12H,6-9H2,1H3,(H,24,25)(H,19,20,21,22). The van der Waals surface area contributed by atoms with E-state index in [2.05, 4.69) is 20.2 Å². The third-order valence-electron chi connectivity index (χ3n) is 4.81. The van der Waals surface area contributed by atoms with E-state index in [0.29, 0.717) is 54.2 Å². The fourth-order valence-electron chi connectivity index (χ4n) is 3.20. The van der Waals surface area contributed by atoms with E-state index in [4.69, 9.17) is 9.84 Å². The van der Waals surface area contributed by atoms with Gasteiger partial charge in [0.2, 0.25) is 5.88 Å². The molecule has 1 amide bonds. The van der Waals surface area contributed by atoms with E-state index in [1.54, 1.807) is 18.3 Å². The molecular formula is C18H19N5O5S. The molecule has 3 aromatic rings. The van der Waals surface area contributed by atoms with Crippen LogP contribution in [0.1, 0.15) is 12.8 Å². The summed E-state index contributed by atoms with van der Waals surface area (Å²) in [5.74, 6) is 0.736. The summed E-state index contributed by atoms with van der Waals surface area (Å²) < 4.78 is 29.4. The lowest BCUT2D eigenvalue weighted by Gasteiger charge is -2.30. The molecule has 1 aliphatic rings. The number of fused-ring (bicyclic) bond motifs is 1. The van der Waals surface area contributed by atoms with Crippen LogP contribution in [0.3, 0.4) is 0 Å². The van der Waals surface area contributed by atoms with Gasteiger partial charge in [-0.25, -0.2) is 18.2 Å². The van der Waals surface area contributed by atoms with Crippen molar-refractivity contribution < 1.29 is 23.1 Å². The van der Waals surface area contributed by atoms with E-state index in [1.165, 1.54) is 17.0 Å². The normalized spacial score (nSPS) is 15.6. The number of likely N-dealkylation sites (tertiary alicyclic amines) is 1. The third kappa shape index (κ3) is 3.99. The first-order valence-electron chi connectivity index (χ1n) is 8.97. The number of carbonyl (C=O) groups is 1. The molecule has 0 saturated carbocycles. The van der Waals surface area contributed by atoms with Crippen molar-refractivity contribution in [3.63, 3.8) is 0 Å². The van der Waals surface area contributed by atoms with E-state index >= 15 is 0 Å². The molecule has 2 aromatic heterocycles. The summed E-state index contributed by atoms with van der Waals surface area (Å²) in [5, 5.41) is 16.5. The Balaban J connectivity index is 1.62. The van der Waals surface area contributed by atoms with Crippen LogP contribution in [-0.4, -0.2) is 70.1 Å². The van der Waals surface area contributed by atoms with Crippen molar-refractivity contribution in [2.24, 2.45) is 0 Å². The van der Waals surface area contributed by atoms with Crippen molar-refractivity contribution in [3.8, 4) is 17.3 Å². The predicted octanol–water partition coefficient (Wildman–Crippen LogP) is 1.94. The van der Waals surface area contributed by atoms with Crippen molar-refractivity contribution in [2.45, 2.75) is 23.8 Å². The average Bonchev–Trinajstić information content (AvgIpc) is 3.17. The molecule has 0 radical (unpaired) electrons. The minimum absolute atomic E-state index is 0.168. The highest BCUT2D eigenvalue weighted by molar-refractivity contribution is 7.90. The Morgan fingerprint density at radius 1 is 1.21 bits per heavy atom. The number of aromatic nitrogens is 4. The Morgan fingerprint density at radius 3 is 2.52 bits per heavy atom. The van der Waals surface area contributed by atoms with Crippen LogP contribution < -0.4 is 4.74 Å². The molecule has 1 fully saturated rings. The molecule has 0 spiro atoms. The van der Waals surface area contributed by atoms with Gasteiger partial charge in [-0.1, -0.05) is 0 Å². The number of carboxylic acid groups (broad SMARTS) is 1. The lowest BCUT2D eigenvalue weighted by atomic mass is 10.1. The zero-order valence-electron chi connectivity index (χ0n) is 15.6. The Bertz CT molecular complexity index is 1150. The summed E-state index contributed by atoms with van der Waals surface area (Å²) in [6.45, 7) is 0.804. The molecule has 0 atom stereocenters. The SMILES string of the molecule is CS(=O)(=O)c1ccc(-c2nc(OC3CCN(C(=O)O)CC3)c3cn[nH]c3n2)cc1. The van der Waals surface area contributed by atoms with Crippen LogP contribution in [0, 0.1) is 0 Å². The molecule has 1 saturated heterocycles. The quantitative estimate of drug-likeness (QED) is 0.657. The lowest BCUT2D eigenvalue weighted by Crippen LogP contribution is -2.41. The van der Waals surface area contributed by atoms with Crippen LogP contribution in [0.15, 0.2) is 35.4 Å². The summed E-state index contributed by atoms with van der Waals surface area (Å²) in [6.07, 6.45) is 2.76. The van der Waals surface area contributed by atoms with Crippen LogP contribution in [0.2, 0.25) is 0 Å². The number of nitrogens with one attached hydrogen (secondary N) is 1. The Kier molecular flexibility index (Phi) is 4.82. The number of H-pyrrole nitrogens is 1. The van der Waals surface area contributed by atoms with Gasteiger partial charge in [-0.3, -0.25) is 5.10 Å². The largest absolute Gasteiger partial charge is 0.474 e. The maximum Gasteiger partial charge on any atom is 0.407 e. The molecule has 1 aromatic carbocycles. The van der Waals surface area contributed by atoms with Gasteiger partial charge in [-0.2, -0.15) is 10.1 Å². The molecule has 11 heteroatoms. The number of amides is 1. The van der Waals surface area contributed by atoms with Gasteiger partial charge in [-0.05, 0) is 24.3 Å². The number of sulfone groups is 1. The fourth-order valence-corrected chi connectivity index (χ4v) is 3.83. The molecule has 0 unspecified atom stereocenters. The molecule has 3 heterocycles. The van der Waals surface area contributed by atoms with Crippen molar-refractivity contribution in [1.82, 2.24) is 25.1 Å². The number of aromatic amines is 1.